The van der Waals surface area contributed by atoms with Crippen molar-refractivity contribution in [2.75, 3.05) is 19.6 Å². The number of nitrogens with one attached hydrogen (secondary N) is 1. The largest absolute Gasteiger partial charge is 0.380 e. The van der Waals surface area contributed by atoms with Crippen molar-refractivity contribution in [2.45, 2.75) is 120 Å². The van der Waals surface area contributed by atoms with Crippen LogP contribution in [0.5, 0.6) is 0 Å². The van der Waals surface area contributed by atoms with Gasteiger partial charge in [-0.25, -0.2) is 4.39 Å². The summed E-state index contributed by atoms with van der Waals surface area (Å²) in [6.45, 7) is 3.27. The van der Waals surface area contributed by atoms with Crippen LogP contribution in [0, 0.1) is 5.92 Å². The van der Waals surface area contributed by atoms with Crippen LogP contribution in [-0.2, 0) is 9.53 Å². The van der Waals surface area contributed by atoms with Gasteiger partial charge in [0.1, 0.15) is 18.0 Å². The van der Waals surface area contributed by atoms with Crippen LogP contribution < -0.4 is 5.32 Å². The number of ether oxygens (including phenoxy) is 1. The molecule has 5 fully saturated rings. The summed E-state index contributed by atoms with van der Waals surface area (Å²) in [4.78, 5) is 29.4. The molecule has 3 saturated carbocycles. The average Bonchev–Trinajstić information content (AvgIpc) is 3.55. The number of fused-ring (bicyclic) bond motifs is 1. The Morgan fingerprint density at radius 1 is 1.00 bits per heavy atom. The monoisotopic (exact) mass is 541 g/mol. The van der Waals surface area contributed by atoms with Crippen LogP contribution in [0.15, 0.2) is 24.3 Å². The number of aliphatic hydroxyl groups is 1. The van der Waals surface area contributed by atoms with Crippen LogP contribution >= 0.6 is 0 Å². The number of piperazine rings is 1. The van der Waals surface area contributed by atoms with Gasteiger partial charge in [-0.1, -0.05) is 44.2 Å². The van der Waals surface area contributed by atoms with Crippen molar-refractivity contribution in [2.24, 2.45) is 5.92 Å². The fourth-order valence-corrected chi connectivity index (χ4v) is 7.66. The minimum Gasteiger partial charge on any atom is -0.380 e. The molecule has 2 N–H and O–H groups in total. The Labute approximate surface area is 231 Å². The number of hydrogen-bond acceptors (Lipinski definition) is 5. The molecule has 3 aliphatic carbocycles. The maximum absolute atomic E-state index is 14.8. The highest BCUT2D eigenvalue weighted by molar-refractivity contribution is 5.94. The first-order valence-electron chi connectivity index (χ1n) is 15.3. The van der Waals surface area contributed by atoms with E-state index < -0.39 is 17.4 Å². The lowest BCUT2D eigenvalue weighted by molar-refractivity contribution is -0.146. The Bertz CT molecular complexity index is 1050. The molecule has 1 aromatic carbocycles. The van der Waals surface area contributed by atoms with Crippen molar-refractivity contribution in [1.82, 2.24) is 15.1 Å². The van der Waals surface area contributed by atoms with Crippen molar-refractivity contribution in [3.05, 3.63) is 35.4 Å². The second-order valence-electron chi connectivity index (χ2n) is 12.8. The van der Waals surface area contributed by atoms with E-state index >= 15 is 0 Å². The number of amides is 2. The predicted octanol–water partition coefficient (Wildman–Crippen LogP) is 4.49. The van der Waals surface area contributed by atoms with Crippen molar-refractivity contribution in [1.29, 1.82) is 0 Å². The van der Waals surface area contributed by atoms with Gasteiger partial charge in [-0.05, 0) is 69.1 Å². The molecule has 5 unspecified atom stereocenters. The molecule has 2 aliphatic heterocycles. The highest BCUT2D eigenvalue weighted by Gasteiger charge is 2.56. The third-order valence-corrected chi connectivity index (χ3v) is 10.1. The molecular formula is C31H44FN3O4. The Hall–Kier alpha value is -2.03. The Morgan fingerprint density at radius 3 is 2.36 bits per heavy atom. The SMILES string of the molecule is CC1CN(C(=O)c2ccc(C3NC4CCC(F)CC4(C4CCCCCCC4)O3)cc2)CCN1C(=O)C1(O)CC1. The van der Waals surface area contributed by atoms with Crippen molar-refractivity contribution in [3.63, 3.8) is 0 Å². The van der Waals surface area contributed by atoms with E-state index in [2.05, 4.69) is 5.32 Å². The lowest BCUT2D eigenvalue weighted by atomic mass is 9.68. The molecular weight excluding hydrogens is 497 g/mol. The number of benzene rings is 1. The number of halogens is 1. The first kappa shape index (κ1) is 27.2. The van der Waals surface area contributed by atoms with E-state index in [1.807, 2.05) is 31.2 Å². The van der Waals surface area contributed by atoms with E-state index in [1.165, 1.54) is 32.1 Å². The minimum atomic E-state index is -1.18. The smallest absolute Gasteiger partial charge is 0.254 e. The standard InChI is InChI=1S/C31H44FN3O4/c1-21-20-34(17-18-35(21)29(37)30(38)15-16-30)28(36)23-11-9-22(10-12-23)27-33-26-14-13-25(32)19-31(26,39-27)24-7-5-3-2-4-6-8-24/h9-12,21,24-27,33,38H,2-8,13-20H2,1H3. The predicted molar refractivity (Wildman–Crippen MR) is 146 cm³/mol. The molecule has 2 amide bonds. The van der Waals surface area contributed by atoms with Crippen molar-refractivity contribution < 1.29 is 23.8 Å². The molecule has 8 heteroatoms. The molecule has 214 valence electrons. The molecule has 7 nitrogen and oxygen atoms in total. The third-order valence-electron chi connectivity index (χ3n) is 10.1. The molecule has 0 bridgehead atoms. The molecule has 5 aliphatic rings. The van der Waals surface area contributed by atoms with Gasteiger partial charge >= 0.3 is 0 Å². The lowest BCUT2D eigenvalue weighted by Crippen LogP contribution is -2.57. The molecule has 6 rings (SSSR count). The Kier molecular flexibility index (Phi) is 7.48. The van der Waals surface area contributed by atoms with E-state index in [0.717, 1.165) is 24.8 Å². The number of carbonyl (C=O) groups is 2. The molecule has 1 aromatic rings. The summed E-state index contributed by atoms with van der Waals surface area (Å²) in [7, 11) is 0. The van der Waals surface area contributed by atoms with Gasteiger partial charge in [-0.2, -0.15) is 0 Å². The van der Waals surface area contributed by atoms with Crippen molar-refractivity contribution >= 4 is 11.8 Å². The molecule has 0 spiro atoms. The summed E-state index contributed by atoms with van der Waals surface area (Å²) >= 11 is 0. The zero-order valence-electron chi connectivity index (χ0n) is 23.2. The normalized spacial score (nSPS) is 35.2. The second kappa shape index (κ2) is 10.7. The number of alkyl halides is 1. The van der Waals surface area contributed by atoms with E-state index in [0.29, 0.717) is 56.8 Å². The maximum Gasteiger partial charge on any atom is 0.254 e. The summed E-state index contributed by atoms with van der Waals surface area (Å²) in [5.74, 6) is 0.131. The summed E-state index contributed by atoms with van der Waals surface area (Å²) in [6, 6.07) is 7.68. The van der Waals surface area contributed by atoms with Crippen LogP contribution in [0.4, 0.5) is 4.39 Å². The molecule has 0 radical (unpaired) electrons. The minimum absolute atomic E-state index is 0.0501. The van der Waals surface area contributed by atoms with E-state index in [9.17, 15) is 19.1 Å². The zero-order chi connectivity index (χ0) is 27.2. The van der Waals surface area contributed by atoms with E-state index in [-0.39, 0.29) is 30.1 Å². The summed E-state index contributed by atoms with van der Waals surface area (Å²) in [5.41, 5.74) is -0.0400. The van der Waals surface area contributed by atoms with E-state index in [1.54, 1.807) is 9.80 Å². The van der Waals surface area contributed by atoms with Crippen LogP contribution in [0.25, 0.3) is 0 Å². The number of nitrogens with zero attached hydrogens (tertiary/aromatic N) is 2. The summed E-state index contributed by atoms with van der Waals surface area (Å²) < 4.78 is 21.7. The highest BCUT2D eigenvalue weighted by Crippen LogP contribution is 2.50. The molecule has 2 saturated heterocycles. The van der Waals surface area contributed by atoms with Gasteiger partial charge in [-0.3, -0.25) is 14.9 Å². The summed E-state index contributed by atoms with van der Waals surface area (Å²) in [6.07, 6.45) is 10.3. The van der Waals surface area contributed by atoms with Gasteiger partial charge in [0.05, 0.1) is 5.60 Å². The van der Waals surface area contributed by atoms with Crippen LogP contribution in [0.3, 0.4) is 0 Å². The van der Waals surface area contributed by atoms with Crippen LogP contribution in [-0.4, -0.2) is 75.8 Å². The Balaban J connectivity index is 1.12. The Morgan fingerprint density at radius 2 is 1.69 bits per heavy atom. The molecule has 5 atom stereocenters. The van der Waals surface area contributed by atoms with Gasteiger partial charge in [0, 0.05) is 43.7 Å². The molecule has 0 aromatic heterocycles. The number of hydrogen-bond donors (Lipinski definition) is 2. The molecule has 2 heterocycles. The van der Waals surface area contributed by atoms with Crippen molar-refractivity contribution in [3.8, 4) is 0 Å². The van der Waals surface area contributed by atoms with Gasteiger partial charge in [0.15, 0.2) is 0 Å². The zero-order valence-corrected chi connectivity index (χ0v) is 23.2. The third kappa shape index (κ3) is 5.24. The average molecular weight is 542 g/mol. The fourth-order valence-electron chi connectivity index (χ4n) is 7.66. The van der Waals surface area contributed by atoms with Gasteiger partial charge < -0.3 is 19.6 Å². The highest BCUT2D eigenvalue weighted by atomic mass is 19.1. The summed E-state index contributed by atoms with van der Waals surface area (Å²) in [5, 5.41) is 13.9. The van der Waals surface area contributed by atoms with Gasteiger partial charge in [-0.15, -0.1) is 0 Å². The first-order valence-corrected chi connectivity index (χ1v) is 15.3. The quantitative estimate of drug-likeness (QED) is 0.587. The lowest BCUT2D eigenvalue weighted by Gasteiger charge is -2.45. The number of carbonyl (C=O) groups excluding carboxylic acids is 2. The maximum atomic E-state index is 14.8. The van der Waals surface area contributed by atoms with E-state index in [4.69, 9.17) is 4.74 Å². The molecule has 39 heavy (non-hydrogen) atoms. The second-order valence-corrected chi connectivity index (χ2v) is 12.8. The van der Waals surface area contributed by atoms with Crippen LogP contribution in [0.1, 0.15) is 106 Å². The topological polar surface area (TPSA) is 82.1 Å². The number of rotatable bonds is 4. The van der Waals surface area contributed by atoms with Gasteiger partial charge in [0.2, 0.25) is 0 Å². The fraction of sp³-hybridized carbons (Fsp3) is 0.742. The van der Waals surface area contributed by atoms with Crippen LogP contribution in [0.2, 0.25) is 0 Å². The van der Waals surface area contributed by atoms with Gasteiger partial charge in [0.25, 0.3) is 11.8 Å². The first-order chi connectivity index (χ1) is 18.8.